The van der Waals surface area contributed by atoms with Gasteiger partial charge in [0.25, 0.3) is 0 Å². The van der Waals surface area contributed by atoms with E-state index in [0.717, 1.165) is 0 Å². The van der Waals surface area contributed by atoms with Gasteiger partial charge in [-0.2, -0.15) is 0 Å². The van der Waals surface area contributed by atoms with Gasteiger partial charge in [0.15, 0.2) is 0 Å². The smallest absolute Gasteiger partial charge is 0.0354 e. The van der Waals surface area contributed by atoms with E-state index in [1.54, 1.807) is 0 Å². The van der Waals surface area contributed by atoms with E-state index in [4.69, 9.17) is 5.73 Å². The van der Waals surface area contributed by atoms with Gasteiger partial charge in [0.2, 0.25) is 0 Å². The molecule has 2 heteroatoms. The summed E-state index contributed by atoms with van der Waals surface area (Å²) in [6, 6.07) is 8.41. The summed E-state index contributed by atoms with van der Waals surface area (Å²) in [5.41, 5.74) is 7.54. The summed E-state index contributed by atoms with van der Waals surface area (Å²) in [7, 11) is 0. The predicted molar refractivity (Wildman–Crippen MR) is 65.5 cm³/mol. The quantitative estimate of drug-likeness (QED) is 0.788. The van der Waals surface area contributed by atoms with Crippen LogP contribution in [0.15, 0.2) is 24.3 Å². The first-order valence-electron chi connectivity index (χ1n) is 4.43. The molecule has 72 valence electrons. The van der Waals surface area contributed by atoms with Crippen molar-refractivity contribution >= 4 is 22.6 Å². The Bertz CT molecular complexity index is 288. The third kappa shape index (κ3) is 2.68. The highest BCUT2D eigenvalue weighted by atomic mass is 127. The maximum Gasteiger partial charge on any atom is 0.0354 e. The van der Waals surface area contributed by atoms with Crippen LogP contribution in [0.1, 0.15) is 32.4 Å². The Labute approximate surface area is 93.9 Å². The summed E-state index contributed by atoms with van der Waals surface area (Å²) in [5.74, 6) is 0. The molecule has 0 saturated carbocycles. The molecule has 0 aliphatic carbocycles. The maximum absolute atomic E-state index is 6.17. The molecule has 0 heterocycles. The van der Waals surface area contributed by atoms with Crippen LogP contribution in [-0.4, -0.2) is 0 Å². The molecule has 0 unspecified atom stereocenters. The van der Waals surface area contributed by atoms with Crippen molar-refractivity contribution in [2.24, 2.45) is 11.1 Å². The van der Waals surface area contributed by atoms with Gasteiger partial charge in [0.05, 0.1) is 0 Å². The lowest BCUT2D eigenvalue weighted by Gasteiger charge is -2.28. The van der Waals surface area contributed by atoms with E-state index in [2.05, 4.69) is 55.5 Å². The summed E-state index contributed by atoms with van der Waals surface area (Å²) in [6.45, 7) is 6.50. The van der Waals surface area contributed by atoms with E-state index in [0.29, 0.717) is 0 Å². The van der Waals surface area contributed by atoms with Gasteiger partial charge in [-0.25, -0.2) is 0 Å². The zero-order valence-corrected chi connectivity index (χ0v) is 10.5. The Morgan fingerprint density at radius 3 is 2.23 bits per heavy atom. The van der Waals surface area contributed by atoms with E-state index in [1.165, 1.54) is 9.13 Å². The molecule has 0 saturated heterocycles. The number of hydrogen-bond donors (Lipinski definition) is 1. The van der Waals surface area contributed by atoms with Gasteiger partial charge in [-0.15, -0.1) is 0 Å². The van der Waals surface area contributed by atoms with Crippen LogP contribution in [0.4, 0.5) is 0 Å². The fourth-order valence-corrected chi connectivity index (χ4v) is 1.92. The van der Waals surface area contributed by atoms with Crippen LogP contribution in [-0.2, 0) is 0 Å². The van der Waals surface area contributed by atoms with E-state index < -0.39 is 0 Å². The average molecular weight is 289 g/mol. The molecule has 1 rings (SSSR count). The molecule has 0 spiro atoms. The number of rotatable bonds is 1. The Kier molecular flexibility index (Phi) is 3.35. The molecule has 0 bridgehead atoms. The van der Waals surface area contributed by atoms with Gasteiger partial charge in [-0.05, 0) is 39.6 Å². The van der Waals surface area contributed by atoms with Crippen molar-refractivity contribution in [3.05, 3.63) is 33.4 Å². The molecule has 0 fully saturated rings. The largest absolute Gasteiger partial charge is 0.323 e. The molecule has 1 aromatic rings. The van der Waals surface area contributed by atoms with Crippen LogP contribution in [0.2, 0.25) is 0 Å². The first-order chi connectivity index (χ1) is 5.93. The van der Waals surface area contributed by atoms with Gasteiger partial charge < -0.3 is 5.73 Å². The van der Waals surface area contributed by atoms with Gasteiger partial charge >= 0.3 is 0 Å². The van der Waals surface area contributed by atoms with Gasteiger partial charge in [0.1, 0.15) is 0 Å². The maximum atomic E-state index is 6.17. The molecule has 0 radical (unpaired) electrons. The molecule has 1 aromatic carbocycles. The van der Waals surface area contributed by atoms with Crippen LogP contribution in [0.25, 0.3) is 0 Å². The highest BCUT2D eigenvalue weighted by molar-refractivity contribution is 14.1. The van der Waals surface area contributed by atoms with Crippen LogP contribution >= 0.6 is 22.6 Å². The monoisotopic (exact) mass is 289 g/mol. The summed E-state index contributed by atoms with van der Waals surface area (Å²) < 4.78 is 1.25. The molecule has 13 heavy (non-hydrogen) atoms. The van der Waals surface area contributed by atoms with E-state index in [1.807, 2.05) is 12.1 Å². The van der Waals surface area contributed by atoms with Crippen molar-refractivity contribution in [1.29, 1.82) is 0 Å². The molecule has 2 N–H and O–H groups in total. The van der Waals surface area contributed by atoms with Crippen molar-refractivity contribution in [2.45, 2.75) is 26.8 Å². The molecule has 1 nitrogen and oxygen atoms in total. The summed E-state index contributed by atoms with van der Waals surface area (Å²) in [5, 5.41) is 0. The van der Waals surface area contributed by atoms with Gasteiger partial charge in [-0.3, -0.25) is 0 Å². The number of hydrogen-bond acceptors (Lipinski definition) is 1. The molecular weight excluding hydrogens is 273 g/mol. The SMILES string of the molecule is CC(C)(C)[C@@H](N)c1ccccc1I. The summed E-state index contributed by atoms with van der Waals surface area (Å²) in [6.07, 6.45) is 0. The van der Waals surface area contributed by atoms with Gasteiger partial charge in [0, 0.05) is 9.61 Å². The van der Waals surface area contributed by atoms with E-state index >= 15 is 0 Å². The molecular formula is C11H16IN. The second-order valence-electron chi connectivity index (χ2n) is 4.37. The molecule has 0 aliphatic rings. The topological polar surface area (TPSA) is 26.0 Å². The molecule has 0 aliphatic heterocycles. The van der Waals surface area contributed by atoms with Crippen molar-refractivity contribution in [1.82, 2.24) is 0 Å². The highest BCUT2D eigenvalue weighted by Gasteiger charge is 2.23. The molecule has 0 aromatic heterocycles. The molecule has 1 atom stereocenters. The first kappa shape index (κ1) is 11.0. The molecule has 0 amide bonds. The lowest BCUT2D eigenvalue weighted by molar-refractivity contribution is 0.326. The lowest BCUT2D eigenvalue weighted by Crippen LogP contribution is -2.26. The second-order valence-corrected chi connectivity index (χ2v) is 5.53. The van der Waals surface area contributed by atoms with Crippen LogP contribution < -0.4 is 5.73 Å². The first-order valence-corrected chi connectivity index (χ1v) is 5.51. The normalized spacial score (nSPS) is 14.2. The Balaban J connectivity index is 3.02. The fraction of sp³-hybridized carbons (Fsp3) is 0.455. The van der Waals surface area contributed by atoms with Crippen LogP contribution in [0.5, 0.6) is 0 Å². The minimum absolute atomic E-state index is 0.112. The second kappa shape index (κ2) is 3.96. The standard InChI is InChI=1S/C11H16IN/c1-11(2,3)10(13)8-6-4-5-7-9(8)12/h4-7,10H,13H2,1-3H3/t10-/m0/s1. The fourth-order valence-electron chi connectivity index (χ4n) is 1.19. The Hall–Kier alpha value is -0.0900. The minimum Gasteiger partial charge on any atom is -0.323 e. The number of halogens is 1. The zero-order chi connectivity index (χ0) is 10.1. The van der Waals surface area contributed by atoms with E-state index in [9.17, 15) is 0 Å². The van der Waals surface area contributed by atoms with Crippen LogP contribution in [0, 0.1) is 8.99 Å². The van der Waals surface area contributed by atoms with Crippen molar-refractivity contribution in [2.75, 3.05) is 0 Å². The predicted octanol–water partition coefficient (Wildman–Crippen LogP) is 3.34. The van der Waals surface area contributed by atoms with Crippen molar-refractivity contribution < 1.29 is 0 Å². The van der Waals surface area contributed by atoms with E-state index in [-0.39, 0.29) is 11.5 Å². The van der Waals surface area contributed by atoms with Crippen LogP contribution in [0.3, 0.4) is 0 Å². The number of nitrogens with two attached hydrogens (primary N) is 1. The number of benzene rings is 1. The average Bonchev–Trinajstić information content (AvgIpc) is 2.02. The van der Waals surface area contributed by atoms with Crippen molar-refractivity contribution in [3.63, 3.8) is 0 Å². The zero-order valence-electron chi connectivity index (χ0n) is 8.34. The summed E-state index contributed by atoms with van der Waals surface area (Å²) >= 11 is 2.34. The third-order valence-corrected chi connectivity index (χ3v) is 3.16. The van der Waals surface area contributed by atoms with Crippen molar-refractivity contribution in [3.8, 4) is 0 Å². The van der Waals surface area contributed by atoms with Gasteiger partial charge in [-0.1, -0.05) is 39.0 Å². The lowest BCUT2D eigenvalue weighted by atomic mass is 9.83. The minimum atomic E-state index is 0.112. The summed E-state index contributed by atoms with van der Waals surface area (Å²) in [4.78, 5) is 0. The Morgan fingerprint density at radius 2 is 1.77 bits per heavy atom. The third-order valence-electron chi connectivity index (χ3n) is 2.17. The highest BCUT2D eigenvalue weighted by Crippen LogP contribution is 2.32. The Morgan fingerprint density at radius 1 is 1.23 bits per heavy atom.